The van der Waals surface area contributed by atoms with Gasteiger partial charge in [0.25, 0.3) is 0 Å². The van der Waals surface area contributed by atoms with E-state index in [2.05, 4.69) is 26.7 Å². The number of tetrazole rings is 1. The molecule has 1 saturated heterocycles. The average molecular weight is 488 g/mol. The van der Waals surface area contributed by atoms with Crippen molar-refractivity contribution in [3.8, 4) is 11.4 Å². The van der Waals surface area contributed by atoms with Crippen LogP contribution in [0.1, 0.15) is 31.2 Å². The van der Waals surface area contributed by atoms with E-state index in [1.54, 1.807) is 0 Å². The van der Waals surface area contributed by atoms with Gasteiger partial charge in [-0.15, -0.1) is 17.5 Å². The minimum absolute atomic E-state index is 0. The van der Waals surface area contributed by atoms with Crippen LogP contribution >= 0.6 is 24.0 Å². The normalized spacial score (nSPS) is 23.0. The van der Waals surface area contributed by atoms with Crippen molar-refractivity contribution in [2.45, 2.75) is 37.1 Å². The molecule has 2 fully saturated rings. The van der Waals surface area contributed by atoms with Crippen LogP contribution in [0.5, 0.6) is 0 Å². The summed E-state index contributed by atoms with van der Waals surface area (Å²) in [6.07, 6.45) is 3.80. The molecule has 2 heterocycles. The SMILES string of the molecule is Cl.NC[C@]1(c2cccc(Cl)c2)CC[C@@H](N2CCN(c3ccc(-c4nnn[nH]4)cc3)C2=O)CC1. The van der Waals surface area contributed by atoms with Crippen molar-refractivity contribution in [3.05, 3.63) is 59.1 Å². The van der Waals surface area contributed by atoms with Crippen molar-refractivity contribution in [1.29, 1.82) is 0 Å². The summed E-state index contributed by atoms with van der Waals surface area (Å²) in [6.45, 7) is 2.02. The molecule has 1 aromatic heterocycles. The third-order valence-corrected chi connectivity index (χ3v) is 7.25. The number of amides is 2. The summed E-state index contributed by atoms with van der Waals surface area (Å²) in [5.74, 6) is 0.608. The molecule has 1 aliphatic heterocycles. The van der Waals surface area contributed by atoms with Gasteiger partial charge in [0, 0.05) is 47.4 Å². The quantitative estimate of drug-likeness (QED) is 0.565. The minimum Gasteiger partial charge on any atom is -0.330 e. The number of carbonyl (C=O) groups excluding carboxylic acids is 1. The number of rotatable bonds is 5. The van der Waals surface area contributed by atoms with Crippen LogP contribution in [-0.4, -0.2) is 57.2 Å². The summed E-state index contributed by atoms with van der Waals surface area (Å²) in [6, 6.07) is 16.1. The minimum atomic E-state index is -0.0603. The van der Waals surface area contributed by atoms with Gasteiger partial charge in [-0.1, -0.05) is 23.7 Å². The molecule has 0 atom stereocenters. The number of nitrogens with one attached hydrogen (secondary N) is 1. The number of aromatic amines is 1. The van der Waals surface area contributed by atoms with Crippen LogP contribution in [0.3, 0.4) is 0 Å². The lowest BCUT2D eigenvalue weighted by Crippen LogP contribution is -2.46. The molecule has 0 unspecified atom stereocenters. The van der Waals surface area contributed by atoms with Crippen molar-refractivity contribution >= 4 is 35.7 Å². The Labute approximate surface area is 203 Å². The average Bonchev–Trinajstić information content (AvgIpc) is 3.50. The molecule has 1 saturated carbocycles. The Morgan fingerprint density at radius 2 is 1.88 bits per heavy atom. The number of aromatic nitrogens is 4. The van der Waals surface area contributed by atoms with Crippen LogP contribution in [-0.2, 0) is 5.41 Å². The van der Waals surface area contributed by atoms with Gasteiger partial charge in [0.05, 0.1) is 0 Å². The van der Waals surface area contributed by atoms with Gasteiger partial charge >= 0.3 is 6.03 Å². The Morgan fingerprint density at radius 1 is 1.12 bits per heavy atom. The highest BCUT2D eigenvalue weighted by atomic mass is 35.5. The molecule has 5 rings (SSSR count). The number of hydrogen-bond acceptors (Lipinski definition) is 5. The summed E-state index contributed by atoms with van der Waals surface area (Å²) >= 11 is 6.24. The Kier molecular flexibility index (Phi) is 6.88. The van der Waals surface area contributed by atoms with Crippen LogP contribution in [0.15, 0.2) is 48.5 Å². The molecule has 3 aromatic rings. The lowest BCUT2D eigenvalue weighted by molar-refractivity contribution is 0.156. The molecule has 10 heteroatoms. The zero-order chi connectivity index (χ0) is 22.1. The van der Waals surface area contributed by atoms with E-state index in [0.717, 1.165) is 48.5 Å². The van der Waals surface area contributed by atoms with Crippen LogP contribution in [0, 0.1) is 0 Å². The summed E-state index contributed by atoms with van der Waals surface area (Å²) in [5, 5.41) is 14.6. The first kappa shape index (κ1) is 23.5. The number of nitrogens with two attached hydrogens (primary N) is 1. The Balaban J connectivity index is 0.00000259. The largest absolute Gasteiger partial charge is 0.330 e. The van der Waals surface area contributed by atoms with E-state index in [4.69, 9.17) is 17.3 Å². The highest BCUT2D eigenvalue weighted by Crippen LogP contribution is 2.41. The van der Waals surface area contributed by atoms with E-state index in [-0.39, 0.29) is 29.9 Å². The molecule has 0 radical (unpaired) electrons. The number of nitrogens with zero attached hydrogens (tertiary/aromatic N) is 5. The Hall–Kier alpha value is -2.68. The number of benzene rings is 2. The summed E-state index contributed by atoms with van der Waals surface area (Å²) in [7, 11) is 0. The lowest BCUT2D eigenvalue weighted by atomic mass is 9.68. The summed E-state index contributed by atoms with van der Waals surface area (Å²) in [5.41, 5.74) is 9.17. The van der Waals surface area contributed by atoms with Crippen molar-refractivity contribution < 1.29 is 4.79 Å². The van der Waals surface area contributed by atoms with Crippen LogP contribution in [0.25, 0.3) is 11.4 Å². The number of halogens is 2. The second-order valence-electron chi connectivity index (χ2n) is 8.65. The Morgan fingerprint density at radius 3 is 2.52 bits per heavy atom. The third-order valence-electron chi connectivity index (χ3n) is 7.02. The predicted molar refractivity (Wildman–Crippen MR) is 131 cm³/mol. The lowest BCUT2D eigenvalue weighted by Gasteiger charge is -2.42. The topological polar surface area (TPSA) is 104 Å². The van der Waals surface area contributed by atoms with Crippen molar-refractivity contribution in [2.24, 2.45) is 5.73 Å². The molecule has 3 N–H and O–H groups in total. The fraction of sp³-hybridized carbons (Fsp3) is 0.391. The number of H-pyrrole nitrogens is 1. The van der Waals surface area contributed by atoms with Gasteiger partial charge in [0.1, 0.15) is 0 Å². The maximum atomic E-state index is 13.2. The first-order chi connectivity index (χ1) is 15.6. The molecule has 2 aromatic carbocycles. The van der Waals surface area contributed by atoms with Crippen molar-refractivity contribution in [3.63, 3.8) is 0 Å². The highest BCUT2D eigenvalue weighted by Gasteiger charge is 2.41. The fourth-order valence-electron chi connectivity index (χ4n) is 5.11. The summed E-state index contributed by atoms with van der Waals surface area (Å²) in [4.78, 5) is 17.1. The number of anilines is 1. The van der Waals surface area contributed by atoms with Crippen LogP contribution in [0.2, 0.25) is 5.02 Å². The summed E-state index contributed by atoms with van der Waals surface area (Å²) < 4.78 is 0. The zero-order valence-electron chi connectivity index (χ0n) is 18.2. The Bertz CT molecular complexity index is 1080. The monoisotopic (exact) mass is 487 g/mol. The number of carbonyl (C=O) groups is 1. The molecule has 0 spiro atoms. The second kappa shape index (κ2) is 9.67. The first-order valence-electron chi connectivity index (χ1n) is 11.0. The van der Waals surface area contributed by atoms with Gasteiger partial charge in [-0.2, -0.15) is 0 Å². The van der Waals surface area contributed by atoms with Gasteiger partial charge in [0.2, 0.25) is 0 Å². The molecule has 33 heavy (non-hydrogen) atoms. The van der Waals surface area contributed by atoms with Gasteiger partial charge in [-0.3, -0.25) is 4.90 Å². The second-order valence-corrected chi connectivity index (χ2v) is 9.09. The van der Waals surface area contributed by atoms with E-state index in [1.807, 2.05) is 52.3 Å². The molecule has 174 valence electrons. The smallest absolute Gasteiger partial charge is 0.324 e. The van der Waals surface area contributed by atoms with Crippen molar-refractivity contribution in [1.82, 2.24) is 25.5 Å². The standard InChI is InChI=1S/C23H26ClN7O.ClH/c24-18-3-1-2-17(14-18)23(15-25)10-8-20(9-11-23)31-13-12-30(22(31)32)19-6-4-16(5-7-19)21-26-28-29-27-21;/h1-7,14,20H,8-13,15,25H2,(H,26,27,28,29);1H/t20-,23+;. The maximum Gasteiger partial charge on any atom is 0.324 e. The van der Waals surface area contributed by atoms with E-state index in [1.165, 1.54) is 5.56 Å². The van der Waals surface area contributed by atoms with Gasteiger partial charge in [0.15, 0.2) is 5.82 Å². The van der Waals surface area contributed by atoms with E-state index < -0.39 is 0 Å². The van der Waals surface area contributed by atoms with Gasteiger partial charge in [-0.25, -0.2) is 9.89 Å². The number of urea groups is 1. The number of hydrogen-bond donors (Lipinski definition) is 2. The maximum absolute atomic E-state index is 13.2. The molecule has 0 bridgehead atoms. The van der Waals surface area contributed by atoms with Crippen molar-refractivity contribution in [2.75, 3.05) is 24.5 Å². The van der Waals surface area contributed by atoms with Gasteiger partial charge in [-0.05, 0) is 78.1 Å². The molecule has 1 aliphatic carbocycles. The van der Waals surface area contributed by atoms with E-state index >= 15 is 0 Å². The first-order valence-corrected chi connectivity index (χ1v) is 11.4. The fourth-order valence-corrected chi connectivity index (χ4v) is 5.30. The van der Waals surface area contributed by atoms with Crippen LogP contribution < -0.4 is 10.6 Å². The predicted octanol–water partition coefficient (Wildman–Crippen LogP) is 4.02. The highest BCUT2D eigenvalue weighted by molar-refractivity contribution is 6.30. The molecule has 2 aliphatic rings. The zero-order valence-corrected chi connectivity index (χ0v) is 19.7. The molecular formula is C23H27Cl2N7O. The molecule has 8 nitrogen and oxygen atoms in total. The van der Waals surface area contributed by atoms with Gasteiger partial charge < -0.3 is 10.6 Å². The third kappa shape index (κ3) is 4.43. The van der Waals surface area contributed by atoms with Crippen LogP contribution in [0.4, 0.5) is 10.5 Å². The molecule has 2 amide bonds. The molecular weight excluding hydrogens is 461 g/mol. The van der Waals surface area contributed by atoms with E-state index in [0.29, 0.717) is 18.9 Å². The van der Waals surface area contributed by atoms with E-state index in [9.17, 15) is 4.79 Å².